The molecule has 0 unspecified atom stereocenters. The summed E-state index contributed by atoms with van der Waals surface area (Å²) in [4.78, 5) is 0. The predicted molar refractivity (Wildman–Crippen MR) is 66.3 cm³/mol. The maximum absolute atomic E-state index is 2.24. The van der Waals surface area contributed by atoms with Gasteiger partial charge in [0.2, 0.25) is 0 Å². The summed E-state index contributed by atoms with van der Waals surface area (Å²) in [5.41, 5.74) is 0.542. The largest absolute Gasteiger partial charge is 0.0656 e. The second-order valence-electron chi connectivity index (χ2n) is 4.62. The maximum Gasteiger partial charge on any atom is -0.0385 e. The topological polar surface area (TPSA) is 0 Å². The molecule has 0 aromatic carbocycles. The highest BCUT2D eigenvalue weighted by molar-refractivity contribution is 4.55. The lowest BCUT2D eigenvalue weighted by Crippen LogP contribution is -2.00. The Kier molecular flexibility index (Phi) is 20.9. The molecule has 0 saturated heterocycles. The lowest BCUT2D eigenvalue weighted by atomic mass is 9.94. The third-order valence-electron chi connectivity index (χ3n) is 1.56. The van der Waals surface area contributed by atoms with Crippen molar-refractivity contribution >= 4 is 0 Å². The molecular weight excluding hydrogens is 156 g/mol. The molecule has 0 N–H and O–H groups in total. The summed E-state index contributed by atoms with van der Waals surface area (Å²) in [6.45, 7) is 17.5. The van der Waals surface area contributed by atoms with Crippen molar-refractivity contribution in [1.82, 2.24) is 0 Å². The average Bonchev–Trinajstić information content (AvgIpc) is 2.05. The normalized spacial score (nSPS) is 9.23. The summed E-state index contributed by atoms with van der Waals surface area (Å²) >= 11 is 0. The minimum Gasteiger partial charge on any atom is -0.0656 e. The van der Waals surface area contributed by atoms with Gasteiger partial charge in [-0.05, 0) is 5.41 Å². The molecule has 0 aromatic heterocycles. The molecule has 0 aliphatic heterocycles. The first-order valence-electron chi connectivity index (χ1n) is 5.89. The van der Waals surface area contributed by atoms with E-state index in [4.69, 9.17) is 0 Å². The van der Waals surface area contributed by atoms with Crippen LogP contribution in [0.5, 0.6) is 0 Å². The van der Waals surface area contributed by atoms with E-state index < -0.39 is 0 Å². The Hall–Kier alpha value is 0. The van der Waals surface area contributed by atoms with E-state index in [1.54, 1.807) is 0 Å². The summed E-state index contributed by atoms with van der Waals surface area (Å²) < 4.78 is 0. The van der Waals surface area contributed by atoms with Gasteiger partial charge in [-0.15, -0.1) is 0 Å². The van der Waals surface area contributed by atoms with Crippen LogP contribution < -0.4 is 0 Å². The van der Waals surface area contributed by atoms with Crippen LogP contribution in [-0.2, 0) is 0 Å². The molecule has 0 spiro atoms. The van der Waals surface area contributed by atoms with Gasteiger partial charge in [-0.25, -0.2) is 0 Å². The van der Waals surface area contributed by atoms with Gasteiger partial charge < -0.3 is 0 Å². The molecule has 0 heterocycles. The van der Waals surface area contributed by atoms with Gasteiger partial charge in [0.15, 0.2) is 0 Å². The first-order chi connectivity index (χ1) is 5.89. The Balaban J connectivity index is -0.000000125. The number of hydrogen-bond acceptors (Lipinski definition) is 0. The minimum atomic E-state index is 0.542. The van der Waals surface area contributed by atoms with Crippen molar-refractivity contribution in [2.24, 2.45) is 5.41 Å². The second kappa shape index (κ2) is 14.5. The maximum atomic E-state index is 2.24. The van der Waals surface area contributed by atoms with Crippen molar-refractivity contribution < 1.29 is 0 Å². The Morgan fingerprint density at radius 2 is 0.846 bits per heavy atom. The van der Waals surface area contributed by atoms with E-state index in [0.29, 0.717) is 5.41 Å². The molecule has 13 heavy (non-hydrogen) atoms. The number of unbranched alkanes of at least 4 members (excludes halogenated alkanes) is 1. The highest BCUT2D eigenvalue weighted by atomic mass is 14.1. The third-order valence-corrected chi connectivity index (χ3v) is 1.56. The van der Waals surface area contributed by atoms with Gasteiger partial charge in [0, 0.05) is 0 Å². The van der Waals surface area contributed by atoms with Crippen molar-refractivity contribution in [1.29, 1.82) is 0 Å². The second-order valence-corrected chi connectivity index (χ2v) is 4.62. The van der Waals surface area contributed by atoms with Crippen LogP contribution in [0.1, 0.15) is 81.1 Å². The zero-order valence-electron chi connectivity index (χ0n) is 11.3. The van der Waals surface area contributed by atoms with Crippen LogP contribution in [0.15, 0.2) is 0 Å². The van der Waals surface area contributed by atoms with Crippen LogP contribution in [0.4, 0.5) is 0 Å². The summed E-state index contributed by atoms with van der Waals surface area (Å²) in [5.74, 6) is 0. The Morgan fingerprint density at radius 3 is 0.846 bits per heavy atom. The predicted octanol–water partition coefficient (Wildman–Crippen LogP) is 5.67. The van der Waals surface area contributed by atoms with Gasteiger partial charge >= 0.3 is 0 Å². The Labute approximate surface area is 87.1 Å². The van der Waals surface area contributed by atoms with E-state index in [1.165, 1.54) is 25.7 Å². The lowest BCUT2D eigenvalue weighted by molar-refractivity contribution is 0.398. The van der Waals surface area contributed by atoms with E-state index in [0.717, 1.165) is 0 Å². The molecule has 0 aromatic rings. The van der Waals surface area contributed by atoms with Crippen LogP contribution in [0.25, 0.3) is 0 Å². The van der Waals surface area contributed by atoms with Crippen molar-refractivity contribution in [2.75, 3.05) is 0 Å². The Morgan fingerprint density at radius 1 is 0.692 bits per heavy atom. The van der Waals surface area contributed by atoms with Crippen LogP contribution in [-0.4, -0.2) is 0 Å². The van der Waals surface area contributed by atoms with Crippen LogP contribution >= 0.6 is 0 Å². The van der Waals surface area contributed by atoms with Crippen LogP contribution in [0.2, 0.25) is 0 Å². The van der Waals surface area contributed by atoms with Gasteiger partial charge in [0.1, 0.15) is 0 Å². The highest BCUT2D eigenvalue weighted by Gasteiger charge is 2.03. The van der Waals surface area contributed by atoms with Gasteiger partial charge in [-0.2, -0.15) is 0 Å². The van der Waals surface area contributed by atoms with Crippen molar-refractivity contribution in [2.45, 2.75) is 81.1 Å². The number of rotatable bonds is 1. The SMILES string of the molecule is CCC.CCC(C)(C)C.CCCC. The zero-order valence-corrected chi connectivity index (χ0v) is 11.3. The van der Waals surface area contributed by atoms with E-state index in [1.807, 2.05) is 0 Å². The van der Waals surface area contributed by atoms with Gasteiger partial charge in [-0.1, -0.05) is 81.1 Å². The molecule has 0 atom stereocenters. The summed E-state index contributed by atoms with van der Waals surface area (Å²) in [5, 5.41) is 0. The summed E-state index contributed by atoms with van der Waals surface area (Å²) in [6, 6.07) is 0. The lowest BCUT2D eigenvalue weighted by Gasteiger charge is -2.12. The molecule has 0 radical (unpaired) electrons. The van der Waals surface area contributed by atoms with Crippen LogP contribution in [0, 0.1) is 5.41 Å². The Bertz CT molecular complexity index is 54.9. The van der Waals surface area contributed by atoms with Crippen molar-refractivity contribution in [3.05, 3.63) is 0 Å². The molecule has 0 fully saturated rings. The number of hydrogen-bond donors (Lipinski definition) is 0. The highest BCUT2D eigenvalue weighted by Crippen LogP contribution is 2.16. The molecular formula is C13H32. The fourth-order valence-electron chi connectivity index (χ4n) is 0. The molecule has 0 aliphatic carbocycles. The first-order valence-corrected chi connectivity index (χ1v) is 5.89. The molecule has 0 heteroatoms. The molecule has 0 amide bonds. The third kappa shape index (κ3) is 75.0. The van der Waals surface area contributed by atoms with Gasteiger partial charge in [-0.3, -0.25) is 0 Å². The minimum absolute atomic E-state index is 0.542. The first kappa shape index (κ1) is 18.7. The summed E-state index contributed by atoms with van der Waals surface area (Å²) in [6.07, 6.45) is 5.16. The van der Waals surface area contributed by atoms with E-state index in [2.05, 4.69) is 55.4 Å². The van der Waals surface area contributed by atoms with E-state index >= 15 is 0 Å². The van der Waals surface area contributed by atoms with E-state index in [-0.39, 0.29) is 0 Å². The molecule has 0 aliphatic rings. The average molecular weight is 188 g/mol. The van der Waals surface area contributed by atoms with E-state index in [9.17, 15) is 0 Å². The fourth-order valence-corrected chi connectivity index (χ4v) is 0. The van der Waals surface area contributed by atoms with Gasteiger partial charge in [0.05, 0.1) is 0 Å². The summed E-state index contributed by atoms with van der Waals surface area (Å²) in [7, 11) is 0. The molecule has 0 rings (SSSR count). The van der Waals surface area contributed by atoms with Crippen molar-refractivity contribution in [3.8, 4) is 0 Å². The van der Waals surface area contributed by atoms with Gasteiger partial charge in [0.25, 0.3) is 0 Å². The monoisotopic (exact) mass is 188 g/mol. The zero-order chi connectivity index (χ0) is 11.3. The standard InChI is InChI=1S/C6H14.C4H10.C3H8/c1-5-6(2,3)4;1-3-4-2;1-3-2/h5H2,1-4H3;3-4H2,1-2H3;3H2,1-2H3. The molecule has 0 nitrogen and oxygen atoms in total. The smallest absolute Gasteiger partial charge is 0.0385 e. The van der Waals surface area contributed by atoms with Crippen LogP contribution in [0.3, 0.4) is 0 Å². The molecule has 0 bridgehead atoms. The van der Waals surface area contributed by atoms with Crippen molar-refractivity contribution in [3.63, 3.8) is 0 Å². The quantitative estimate of drug-likeness (QED) is 0.497. The molecule has 0 saturated carbocycles. The molecule has 84 valence electrons. The fraction of sp³-hybridized carbons (Fsp3) is 1.00.